The molecule has 3 N–H and O–H groups in total. The van der Waals surface area contributed by atoms with Gasteiger partial charge in [-0.1, -0.05) is 49.6 Å². The highest BCUT2D eigenvalue weighted by atomic mass is 35.5. The van der Waals surface area contributed by atoms with Crippen LogP contribution in [-0.4, -0.2) is 18.0 Å². The summed E-state index contributed by atoms with van der Waals surface area (Å²) in [6, 6.07) is 9.87. The van der Waals surface area contributed by atoms with Crippen LogP contribution in [0.1, 0.15) is 50.5 Å². The summed E-state index contributed by atoms with van der Waals surface area (Å²) in [5, 5.41) is 3.03. The van der Waals surface area contributed by atoms with Gasteiger partial charge in [0, 0.05) is 12.1 Å². The SMILES string of the molecule is CC(C(=O)NCC1(N)CCCCC1)c1ccccc1.Cl. The van der Waals surface area contributed by atoms with Crippen LogP contribution in [0.3, 0.4) is 0 Å². The van der Waals surface area contributed by atoms with Gasteiger partial charge in [0.2, 0.25) is 5.91 Å². The third-order valence-electron chi connectivity index (χ3n) is 4.16. The van der Waals surface area contributed by atoms with Crippen LogP contribution in [0.25, 0.3) is 0 Å². The third-order valence-corrected chi connectivity index (χ3v) is 4.16. The Morgan fingerprint density at radius 3 is 2.45 bits per heavy atom. The van der Waals surface area contributed by atoms with Gasteiger partial charge in [-0.05, 0) is 25.3 Å². The molecule has 1 saturated carbocycles. The monoisotopic (exact) mass is 296 g/mol. The first-order valence-corrected chi connectivity index (χ1v) is 7.22. The summed E-state index contributed by atoms with van der Waals surface area (Å²) >= 11 is 0. The smallest absolute Gasteiger partial charge is 0.227 e. The minimum atomic E-state index is -0.190. The predicted octanol–water partition coefficient (Wildman–Crippen LogP) is 2.99. The van der Waals surface area contributed by atoms with Crippen LogP contribution in [0.15, 0.2) is 30.3 Å². The number of halogens is 1. The van der Waals surface area contributed by atoms with Gasteiger partial charge in [-0.25, -0.2) is 0 Å². The van der Waals surface area contributed by atoms with Crippen molar-refractivity contribution < 1.29 is 4.79 Å². The van der Waals surface area contributed by atoms with Crippen molar-refractivity contribution in [2.75, 3.05) is 6.54 Å². The molecule has 0 heterocycles. The second kappa shape index (κ2) is 7.65. The van der Waals surface area contributed by atoms with Crippen LogP contribution in [-0.2, 0) is 4.79 Å². The Labute approximate surface area is 127 Å². The average Bonchev–Trinajstić information content (AvgIpc) is 2.46. The van der Waals surface area contributed by atoms with E-state index in [1.165, 1.54) is 19.3 Å². The van der Waals surface area contributed by atoms with Crippen LogP contribution in [0.2, 0.25) is 0 Å². The van der Waals surface area contributed by atoms with Crippen molar-refractivity contribution >= 4 is 18.3 Å². The molecule has 0 saturated heterocycles. The Bertz CT molecular complexity index is 416. The Morgan fingerprint density at radius 1 is 1.25 bits per heavy atom. The highest BCUT2D eigenvalue weighted by molar-refractivity contribution is 5.85. The second-order valence-corrected chi connectivity index (χ2v) is 5.77. The molecule has 1 fully saturated rings. The summed E-state index contributed by atoms with van der Waals surface area (Å²) in [5.41, 5.74) is 7.19. The zero-order valence-corrected chi connectivity index (χ0v) is 12.9. The quantitative estimate of drug-likeness (QED) is 0.897. The van der Waals surface area contributed by atoms with Gasteiger partial charge in [0.05, 0.1) is 5.92 Å². The molecule has 1 aromatic carbocycles. The van der Waals surface area contributed by atoms with Gasteiger partial charge < -0.3 is 11.1 Å². The fourth-order valence-corrected chi connectivity index (χ4v) is 2.74. The van der Waals surface area contributed by atoms with Gasteiger partial charge >= 0.3 is 0 Å². The maximum Gasteiger partial charge on any atom is 0.227 e. The lowest BCUT2D eigenvalue weighted by Crippen LogP contribution is -2.51. The van der Waals surface area contributed by atoms with E-state index in [2.05, 4.69) is 5.32 Å². The Hall–Kier alpha value is -1.06. The Balaban J connectivity index is 0.00000200. The van der Waals surface area contributed by atoms with E-state index in [1.54, 1.807) is 0 Å². The standard InChI is InChI=1S/C16H24N2O.ClH/c1-13(14-8-4-2-5-9-14)15(19)18-12-16(17)10-6-3-7-11-16;/h2,4-5,8-9,13H,3,6-7,10-12,17H2,1H3,(H,18,19);1H. The molecule has 20 heavy (non-hydrogen) atoms. The molecule has 1 atom stereocenters. The van der Waals surface area contributed by atoms with Gasteiger partial charge in [-0.2, -0.15) is 0 Å². The molecule has 1 aliphatic carbocycles. The first-order chi connectivity index (χ1) is 9.11. The fraction of sp³-hybridized carbons (Fsp3) is 0.562. The van der Waals surface area contributed by atoms with Gasteiger partial charge in [-0.15, -0.1) is 12.4 Å². The molecule has 1 unspecified atom stereocenters. The Morgan fingerprint density at radius 2 is 1.85 bits per heavy atom. The van der Waals surface area contributed by atoms with Crippen molar-refractivity contribution in [2.24, 2.45) is 5.73 Å². The molecule has 112 valence electrons. The van der Waals surface area contributed by atoms with E-state index < -0.39 is 0 Å². The summed E-state index contributed by atoms with van der Waals surface area (Å²) in [7, 11) is 0. The number of nitrogens with one attached hydrogen (secondary N) is 1. The van der Waals surface area contributed by atoms with E-state index in [-0.39, 0.29) is 29.8 Å². The second-order valence-electron chi connectivity index (χ2n) is 5.77. The lowest BCUT2D eigenvalue weighted by atomic mass is 9.82. The van der Waals surface area contributed by atoms with Crippen LogP contribution in [0, 0.1) is 0 Å². The molecule has 0 aromatic heterocycles. The summed E-state index contributed by atoms with van der Waals surface area (Å²) < 4.78 is 0. The van der Waals surface area contributed by atoms with Crippen molar-refractivity contribution in [3.63, 3.8) is 0 Å². The number of hydrogen-bond donors (Lipinski definition) is 2. The molecular formula is C16H25ClN2O. The van der Waals surface area contributed by atoms with Crippen LogP contribution in [0.4, 0.5) is 0 Å². The van der Waals surface area contributed by atoms with E-state index in [0.29, 0.717) is 6.54 Å². The van der Waals surface area contributed by atoms with E-state index >= 15 is 0 Å². The molecule has 4 heteroatoms. The summed E-state index contributed by atoms with van der Waals surface area (Å²) in [6.07, 6.45) is 5.68. The summed E-state index contributed by atoms with van der Waals surface area (Å²) in [4.78, 5) is 12.2. The number of amides is 1. The molecule has 2 rings (SSSR count). The van der Waals surface area contributed by atoms with Crippen LogP contribution < -0.4 is 11.1 Å². The molecular weight excluding hydrogens is 272 g/mol. The van der Waals surface area contributed by atoms with E-state index in [1.807, 2.05) is 37.3 Å². The minimum absolute atomic E-state index is 0. The lowest BCUT2D eigenvalue weighted by Gasteiger charge is -2.33. The van der Waals surface area contributed by atoms with Gasteiger partial charge in [0.25, 0.3) is 0 Å². The minimum Gasteiger partial charge on any atom is -0.354 e. The summed E-state index contributed by atoms with van der Waals surface area (Å²) in [6.45, 7) is 2.54. The Kier molecular flexibility index (Phi) is 6.50. The largest absolute Gasteiger partial charge is 0.354 e. The normalized spacial score (nSPS) is 18.7. The summed E-state index contributed by atoms with van der Waals surface area (Å²) in [5.74, 6) is -0.0463. The van der Waals surface area contributed by atoms with Crippen LogP contribution >= 0.6 is 12.4 Å². The van der Waals surface area contributed by atoms with Gasteiger partial charge in [-0.3, -0.25) is 4.79 Å². The number of carbonyl (C=O) groups is 1. The van der Waals surface area contributed by atoms with Gasteiger partial charge in [0.1, 0.15) is 0 Å². The fourth-order valence-electron chi connectivity index (χ4n) is 2.74. The van der Waals surface area contributed by atoms with Crippen molar-refractivity contribution in [3.05, 3.63) is 35.9 Å². The molecule has 0 radical (unpaired) electrons. The molecule has 0 spiro atoms. The molecule has 1 amide bonds. The average molecular weight is 297 g/mol. The van der Waals surface area contributed by atoms with E-state index in [0.717, 1.165) is 18.4 Å². The van der Waals surface area contributed by atoms with Gasteiger partial charge in [0.15, 0.2) is 0 Å². The molecule has 1 aromatic rings. The highest BCUT2D eigenvalue weighted by Gasteiger charge is 2.28. The maximum atomic E-state index is 12.2. The zero-order chi connectivity index (χ0) is 13.7. The maximum absolute atomic E-state index is 12.2. The first kappa shape index (κ1) is 17.0. The number of nitrogens with two attached hydrogens (primary N) is 1. The predicted molar refractivity (Wildman–Crippen MR) is 85.1 cm³/mol. The van der Waals surface area contributed by atoms with E-state index in [4.69, 9.17) is 5.73 Å². The number of benzene rings is 1. The first-order valence-electron chi connectivity index (χ1n) is 7.22. The number of hydrogen-bond acceptors (Lipinski definition) is 2. The third kappa shape index (κ3) is 4.50. The van der Waals surface area contributed by atoms with Crippen LogP contribution in [0.5, 0.6) is 0 Å². The van der Waals surface area contributed by atoms with Crippen molar-refractivity contribution in [1.82, 2.24) is 5.32 Å². The topological polar surface area (TPSA) is 55.1 Å². The molecule has 3 nitrogen and oxygen atoms in total. The highest BCUT2D eigenvalue weighted by Crippen LogP contribution is 2.25. The molecule has 0 aliphatic heterocycles. The van der Waals surface area contributed by atoms with Crippen molar-refractivity contribution in [3.8, 4) is 0 Å². The lowest BCUT2D eigenvalue weighted by molar-refractivity contribution is -0.122. The van der Waals surface area contributed by atoms with Crippen molar-refractivity contribution in [1.29, 1.82) is 0 Å². The molecule has 0 bridgehead atoms. The van der Waals surface area contributed by atoms with Crippen molar-refractivity contribution in [2.45, 2.75) is 50.5 Å². The number of rotatable bonds is 4. The zero-order valence-electron chi connectivity index (χ0n) is 12.1. The van der Waals surface area contributed by atoms with E-state index in [9.17, 15) is 4.79 Å². The number of carbonyl (C=O) groups excluding carboxylic acids is 1. The molecule has 1 aliphatic rings.